The number of amides is 2. The van der Waals surface area contributed by atoms with Crippen molar-refractivity contribution in [2.75, 3.05) is 23.9 Å². The molecule has 7 nitrogen and oxygen atoms in total. The van der Waals surface area contributed by atoms with Gasteiger partial charge in [0.1, 0.15) is 5.75 Å². The number of benzene rings is 3. The average Bonchev–Trinajstić information content (AvgIpc) is 2.79. The van der Waals surface area contributed by atoms with Crippen molar-refractivity contribution in [2.24, 2.45) is 0 Å². The maximum Gasteiger partial charge on any atom is 0.262 e. The summed E-state index contributed by atoms with van der Waals surface area (Å²) in [6.07, 6.45) is 0. The summed E-state index contributed by atoms with van der Waals surface area (Å²) in [6.45, 7) is -0.329. The van der Waals surface area contributed by atoms with Gasteiger partial charge >= 0.3 is 0 Å². The van der Waals surface area contributed by atoms with Gasteiger partial charge < -0.3 is 24.9 Å². The predicted molar refractivity (Wildman–Crippen MR) is 121 cm³/mol. The molecule has 3 aromatic rings. The standard InChI is InChI=1S/C23H18Cl2N2O5/c1-27(22(29)14-2-5-16(24)6-3-14)17-7-9-18(10-8-17)32-13-21(28)26-20-12-15(23(30)31)4-11-19(20)25/h2-12H,13H2,1H3,(H,26,28)(H,30,31)/p-1. The van der Waals surface area contributed by atoms with Crippen LogP contribution >= 0.6 is 23.2 Å². The molecule has 0 radical (unpaired) electrons. The molecule has 2 amide bonds. The van der Waals surface area contributed by atoms with E-state index >= 15 is 0 Å². The number of nitrogens with zero attached hydrogens (tertiary/aromatic N) is 1. The van der Waals surface area contributed by atoms with Gasteiger partial charge in [0.05, 0.1) is 16.7 Å². The Bertz CT molecular complexity index is 1150. The van der Waals surface area contributed by atoms with Gasteiger partial charge in [-0.15, -0.1) is 0 Å². The molecule has 9 heteroatoms. The number of aromatic carboxylic acids is 1. The zero-order valence-corrected chi connectivity index (χ0v) is 18.3. The van der Waals surface area contributed by atoms with Crippen LogP contribution in [0.3, 0.4) is 0 Å². The Hall–Kier alpha value is -3.55. The monoisotopic (exact) mass is 471 g/mol. The van der Waals surface area contributed by atoms with Crippen LogP contribution in [0.2, 0.25) is 10.0 Å². The number of carboxylic acid groups (broad SMARTS) is 1. The number of hydrogen-bond acceptors (Lipinski definition) is 5. The molecule has 0 aromatic heterocycles. The molecule has 164 valence electrons. The highest BCUT2D eigenvalue weighted by Crippen LogP contribution is 2.24. The Balaban J connectivity index is 1.58. The van der Waals surface area contributed by atoms with Gasteiger partial charge in [0.2, 0.25) is 0 Å². The van der Waals surface area contributed by atoms with E-state index in [0.717, 1.165) is 0 Å². The van der Waals surface area contributed by atoms with Crippen LogP contribution in [-0.2, 0) is 4.79 Å². The fourth-order valence-electron chi connectivity index (χ4n) is 2.75. The van der Waals surface area contributed by atoms with E-state index < -0.39 is 11.9 Å². The van der Waals surface area contributed by atoms with Gasteiger partial charge in [-0.25, -0.2) is 0 Å². The van der Waals surface area contributed by atoms with E-state index in [1.165, 1.54) is 23.1 Å². The van der Waals surface area contributed by atoms with Gasteiger partial charge in [-0.05, 0) is 66.2 Å². The number of carbonyl (C=O) groups is 3. The third-order valence-corrected chi connectivity index (χ3v) is 5.05. The zero-order valence-electron chi connectivity index (χ0n) is 16.8. The van der Waals surface area contributed by atoms with E-state index in [2.05, 4.69) is 5.32 Å². The molecule has 0 aliphatic carbocycles. The molecule has 0 atom stereocenters. The number of rotatable bonds is 7. The maximum absolute atomic E-state index is 12.6. The summed E-state index contributed by atoms with van der Waals surface area (Å²) in [4.78, 5) is 37.1. The van der Waals surface area contributed by atoms with Crippen molar-refractivity contribution in [1.29, 1.82) is 0 Å². The Morgan fingerprint density at radius 2 is 1.56 bits per heavy atom. The molecule has 0 bridgehead atoms. The lowest BCUT2D eigenvalue weighted by atomic mass is 10.2. The Morgan fingerprint density at radius 3 is 2.19 bits per heavy atom. The van der Waals surface area contributed by atoms with Crippen LogP contribution in [0.1, 0.15) is 20.7 Å². The van der Waals surface area contributed by atoms with E-state index in [9.17, 15) is 19.5 Å². The summed E-state index contributed by atoms with van der Waals surface area (Å²) >= 11 is 11.8. The highest BCUT2D eigenvalue weighted by molar-refractivity contribution is 6.34. The van der Waals surface area contributed by atoms with Crippen molar-refractivity contribution >= 4 is 52.4 Å². The predicted octanol–water partition coefficient (Wildman–Crippen LogP) is 3.65. The van der Waals surface area contributed by atoms with Crippen molar-refractivity contribution in [2.45, 2.75) is 0 Å². The Morgan fingerprint density at radius 1 is 0.938 bits per heavy atom. The molecular weight excluding hydrogens is 455 g/mol. The number of halogens is 2. The summed E-state index contributed by atoms with van der Waals surface area (Å²) < 4.78 is 5.45. The molecule has 0 saturated heterocycles. The fraction of sp³-hybridized carbons (Fsp3) is 0.0870. The average molecular weight is 472 g/mol. The lowest BCUT2D eigenvalue weighted by molar-refractivity contribution is -0.255. The van der Waals surface area contributed by atoms with Crippen LogP contribution in [0.5, 0.6) is 5.75 Å². The van der Waals surface area contributed by atoms with E-state index in [1.54, 1.807) is 55.6 Å². The zero-order chi connectivity index (χ0) is 23.3. The highest BCUT2D eigenvalue weighted by atomic mass is 35.5. The van der Waals surface area contributed by atoms with Gasteiger partial charge in [-0.1, -0.05) is 29.3 Å². The van der Waals surface area contributed by atoms with Gasteiger partial charge in [0.25, 0.3) is 11.8 Å². The van der Waals surface area contributed by atoms with Gasteiger partial charge in [-0.2, -0.15) is 0 Å². The lowest BCUT2D eigenvalue weighted by Gasteiger charge is -2.18. The SMILES string of the molecule is CN(C(=O)c1ccc(Cl)cc1)c1ccc(OCC(=O)Nc2cc(C(=O)[O-])ccc2Cl)cc1. The van der Waals surface area contributed by atoms with E-state index in [1.807, 2.05) is 0 Å². The molecule has 3 rings (SSSR count). The molecular formula is C23H17Cl2N2O5-. The van der Waals surface area contributed by atoms with E-state index in [4.69, 9.17) is 27.9 Å². The largest absolute Gasteiger partial charge is 0.545 e. The van der Waals surface area contributed by atoms with Crippen LogP contribution < -0.4 is 20.1 Å². The van der Waals surface area contributed by atoms with Gasteiger partial charge in [0, 0.05) is 23.3 Å². The molecule has 0 aliphatic heterocycles. The first-order valence-electron chi connectivity index (χ1n) is 9.32. The van der Waals surface area contributed by atoms with Crippen LogP contribution in [0.25, 0.3) is 0 Å². The Kier molecular flexibility index (Phi) is 7.35. The number of hydrogen-bond donors (Lipinski definition) is 1. The summed E-state index contributed by atoms with van der Waals surface area (Å²) in [6, 6.07) is 17.0. The minimum atomic E-state index is -1.38. The molecule has 0 heterocycles. The molecule has 0 aliphatic rings. The molecule has 32 heavy (non-hydrogen) atoms. The summed E-state index contributed by atoms with van der Waals surface area (Å²) in [7, 11) is 1.64. The molecule has 3 aromatic carbocycles. The second-order valence-corrected chi connectivity index (χ2v) is 7.53. The smallest absolute Gasteiger partial charge is 0.262 e. The first-order chi connectivity index (χ1) is 15.2. The quantitative estimate of drug-likeness (QED) is 0.566. The third kappa shape index (κ3) is 5.78. The van der Waals surface area contributed by atoms with Crippen molar-refractivity contribution in [3.63, 3.8) is 0 Å². The number of carbonyl (C=O) groups excluding carboxylic acids is 3. The summed E-state index contributed by atoms with van der Waals surface area (Å²) in [5.74, 6) is -1.70. The van der Waals surface area contributed by atoms with Crippen LogP contribution in [-0.4, -0.2) is 31.4 Å². The number of ether oxygens (including phenoxy) is 1. The molecule has 0 spiro atoms. The van der Waals surface area contributed by atoms with Crippen molar-refractivity contribution in [3.8, 4) is 5.75 Å². The van der Waals surface area contributed by atoms with E-state index in [0.29, 0.717) is 22.0 Å². The van der Waals surface area contributed by atoms with Crippen LogP contribution in [0, 0.1) is 0 Å². The number of carboxylic acids is 1. The van der Waals surface area contributed by atoms with Crippen molar-refractivity contribution < 1.29 is 24.2 Å². The molecule has 0 saturated carbocycles. The molecule has 0 fully saturated rings. The van der Waals surface area contributed by atoms with Crippen LogP contribution in [0.4, 0.5) is 11.4 Å². The highest BCUT2D eigenvalue weighted by Gasteiger charge is 2.14. The second-order valence-electron chi connectivity index (χ2n) is 6.68. The van der Waals surface area contributed by atoms with E-state index in [-0.39, 0.29) is 28.8 Å². The molecule has 0 unspecified atom stereocenters. The fourth-order valence-corrected chi connectivity index (χ4v) is 3.04. The lowest BCUT2D eigenvalue weighted by Crippen LogP contribution is -2.26. The van der Waals surface area contributed by atoms with Gasteiger partial charge in [0.15, 0.2) is 6.61 Å². The Labute approximate surface area is 194 Å². The molecule has 1 N–H and O–H groups in total. The number of nitrogens with one attached hydrogen (secondary N) is 1. The maximum atomic E-state index is 12.6. The minimum Gasteiger partial charge on any atom is -0.545 e. The second kappa shape index (κ2) is 10.2. The van der Waals surface area contributed by atoms with Crippen molar-refractivity contribution in [1.82, 2.24) is 0 Å². The van der Waals surface area contributed by atoms with Gasteiger partial charge in [-0.3, -0.25) is 9.59 Å². The normalized spacial score (nSPS) is 10.3. The summed E-state index contributed by atoms with van der Waals surface area (Å²) in [5, 5.41) is 14.2. The first-order valence-corrected chi connectivity index (χ1v) is 10.1. The number of anilines is 2. The third-order valence-electron chi connectivity index (χ3n) is 4.47. The summed E-state index contributed by atoms with van der Waals surface area (Å²) in [5.41, 5.74) is 1.15. The van der Waals surface area contributed by atoms with Crippen molar-refractivity contribution in [3.05, 3.63) is 87.9 Å². The minimum absolute atomic E-state index is 0.113. The van der Waals surface area contributed by atoms with Crippen LogP contribution in [0.15, 0.2) is 66.7 Å². The topological polar surface area (TPSA) is 98.8 Å². The first kappa shape index (κ1) is 23.1.